The number of hydrogen-bond donors (Lipinski definition) is 3. The molecule has 7 nitrogen and oxygen atoms in total. The van der Waals surface area contributed by atoms with Crippen LogP contribution in [0, 0.1) is 11.8 Å². The average Bonchev–Trinajstić information content (AvgIpc) is 3.39. The van der Waals surface area contributed by atoms with E-state index < -0.39 is 47.8 Å². The Morgan fingerprint density at radius 2 is 1.93 bits per heavy atom. The molecule has 4 atom stereocenters. The third-order valence-corrected chi connectivity index (χ3v) is 7.38. The van der Waals surface area contributed by atoms with E-state index in [1.54, 1.807) is 24.3 Å². The van der Waals surface area contributed by atoms with Crippen LogP contribution < -0.4 is 5.32 Å². The molecule has 9 heteroatoms. The maximum absolute atomic E-state index is 13.2. The molecule has 2 amide bonds. The number of hydrogen-bond acceptors (Lipinski definition) is 6. The van der Waals surface area contributed by atoms with Crippen LogP contribution in [0.2, 0.25) is 0 Å². The van der Waals surface area contributed by atoms with Gasteiger partial charge in [-0.15, -0.1) is 11.3 Å². The van der Waals surface area contributed by atoms with Gasteiger partial charge in [-0.2, -0.15) is 0 Å². The predicted molar refractivity (Wildman–Crippen MR) is 115 cm³/mol. The Morgan fingerprint density at radius 3 is 2.53 bits per heavy atom. The second-order valence-electron chi connectivity index (χ2n) is 7.30. The minimum absolute atomic E-state index is 0.0432. The number of nitrogens with one attached hydrogen (secondary N) is 1. The molecule has 2 fully saturated rings. The number of amides is 2. The highest BCUT2D eigenvalue weighted by Crippen LogP contribution is 2.50. The molecule has 1 aromatic heterocycles. The molecule has 30 heavy (non-hydrogen) atoms. The van der Waals surface area contributed by atoms with Gasteiger partial charge in [0.2, 0.25) is 11.8 Å². The number of halogens is 1. The van der Waals surface area contributed by atoms with Gasteiger partial charge in [0.15, 0.2) is 5.54 Å². The summed E-state index contributed by atoms with van der Waals surface area (Å²) in [4.78, 5) is 40.3. The Hall–Kier alpha value is -2.33. The molecule has 156 valence electrons. The number of aliphatic carboxylic acids is 1. The minimum Gasteiger partial charge on any atom is -0.480 e. The highest BCUT2D eigenvalue weighted by molar-refractivity contribution is 9.11. The standard InChI is InChI=1S/C21H19BrN2O5S/c22-14-9-8-13(30-14)17-15-16(21(11-25,23-17)20(28)29)19(27)24(18(15)26)10-4-7-12-5-2-1-3-6-12/h1-9,15-17,23,25H,10-11H2,(H,28,29)/b7-4-. The lowest BCUT2D eigenvalue weighted by atomic mass is 9.80. The van der Waals surface area contributed by atoms with Crippen molar-refractivity contribution in [1.29, 1.82) is 0 Å². The van der Waals surface area contributed by atoms with Gasteiger partial charge >= 0.3 is 5.97 Å². The largest absolute Gasteiger partial charge is 0.480 e. The first kappa shape index (κ1) is 20.9. The molecule has 2 aliphatic heterocycles. The van der Waals surface area contributed by atoms with E-state index in [1.807, 2.05) is 30.3 Å². The number of carboxylic acid groups (broad SMARTS) is 1. The molecular weight excluding hydrogens is 472 g/mol. The molecule has 3 heterocycles. The number of carbonyl (C=O) groups excluding carboxylic acids is 2. The summed E-state index contributed by atoms with van der Waals surface area (Å²) in [6.07, 6.45) is 3.51. The molecule has 1 aromatic carbocycles. The van der Waals surface area contributed by atoms with Gasteiger partial charge in [-0.25, -0.2) is 0 Å². The van der Waals surface area contributed by atoms with Crippen LogP contribution in [0.15, 0.2) is 52.3 Å². The fraction of sp³-hybridized carbons (Fsp3) is 0.286. The second kappa shape index (κ2) is 8.07. The van der Waals surface area contributed by atoms with Gasteiger partial charge < -0.3 is 10.2 Å². The summed E-state index contributed by atoms with van der Waals surface area (Å²) in [5.41, 5.74) is -0.980. The molecule has 0 bridgehead atoms. The van der Waals surface area contributed by atoms with Crippen molar-refractivity contribution in [3.05, 3.63) is 62.8 Å². The number of likely N-dealkylation sites (tertiary alicyclic amines) is 1. The van der Waals surface area contributed by atoms with Gasteiger partial charge in [0, 0.05) is 11.4 Å². The van der Waals surface area contributed by atoms with Crippen molar-refractivity contribution in [1.82, 2.24) is 10.2 Å². The molecule has 2 saturated heterocycles. The van der Waals surface area contributed by atoms with Crippen LogP contribution in [-0.4, -0.2) is 51.6 Å². The van der Waals surface area contributed by atoms with Crippen LogP contribution in [0.1, 0.15) is 16.5 Å². The van der Waals surface area contributed by atoms with Crippen molar-refractivity contribution in [3.63, 3.8) is 0 Å². The molecule has 2 aliphatic rings. The molecule has 4 unspecified atom stereocenters. The summed E-state index contributed by atoms with van der Waals surface area (Å²) in [5, 5.41) is 22.7. The summed E-state index contributed by atoms with van der Waals surface area (Å²) in [6.45, 7) is -0.749. The predicted octanol–water partition coefficient (Wildman–Crippen LogP) is 2.29. The molecule has 4 rings (SSSR count). The van der Waals surface area contributed by atoms with E-state index in [4.69, 9.17) is 0 Å². The number of imide groups is 1. The molecule has 0 aliphatic carbocycles. The summed E-state index contributed by atoms with van der Waals surface area (Å²) >= 11 is 4.74. The number of aliphatic hydroxyl groups is 1. The number of rotatable bonds is 6. The zero-order valence-corrected chi connectivity index (χ0v) is 18.1. The van der Waals surface area contributed by atoms with Gasteiger partial charge in [0.05, 0.1) is 28.3 Å². The molecule has 0 radical (unpaired) electrons. The monoisotopic (exact) mass is 490 g/mol. The van der Waals surface area contributed by atoms with Crippen LogP contribution in [0.5, 0.6) is 0 Å². The third-order valence-electron chi connectivity index (χ3n) is 5.67. The van der Waals surface area contributed by atoms with E-state index in [1.165, 1.54) is 11.3 Å². The number of fused-ring (bicyclic) bond motifs is 1. The van der Waals surface area contributed by atoms with Crippen LogP contribution in [-0.2, 0) is 14.4 Å². The average molecular weight is 491 g/mol. The van der Waals surface area contributed by atoms with Crippen LogP contribution in [0.25, 0.3) is 6.08 Å². The van der Waals surface area contributed by atoms with Gasteiger partial charge in [0.1, 0.15) is 0 Å². The smallest absolute Gasteiger partial charge is 0.327 e. The fourth-order valence-corrected chi connectivity index (χ4v) is 5.77. The first-order valence-corrected chi connectivity index (χ1v) is 10.9. The molecule has 2 aromatic rings. The highest BCUT2D eigenvalue weighted by Gasteiger charge is 2.68. The van der Waals surface area contributed by atoms with E-state index in [2.05, 4.69) is 21.2 Å². The van der Waals surface area contributed by atoms with Crippen molar-refractivity contribution >= 4 is 51.1 Å². The van der Waals surface area contributed by atoms with E-state index in [0.29, 0.717) is 0 Å². The maximum atomic E-state index is 13.2. The van der Waals surface area contributed by atoms with E-state index in [9.17, 15) is 24.6 Å². The Morgan fingerprint density at radius 1 is 1.20 bits per heavy atom. The van der Waals surface area contributed by atoms with Gasteiger partial charge in [-0.3, -0.25) is 24.6 Å². The van der Waals surface area contributed by atoms with E-state index >= 15 is 0 Å². The lowest BCUT2D eigenvalue weighted by Gasteiger charge is -2.28. The molecular formula is C21H19BrN2O5S. The number of carboxylic acids is 1. The van der Waals surface area contributed by atoms with Crippen molar-refractivity contribution in [3.8, 4) is 0 Å². The van der Waals surface area contributed by atoms with Crippen LogP contribution in [0.3, 0.4) is 0 Å². The third kappa shape index (κ3) is 3.31. The topological polar surface area (TPSA) is 107 Å². The number of benzene rings is 1. The normalized spacial score (nSPS) is 28.5. The zero-order valence-electron chi connectivity index (χ0n) is 15.7. The van der Waals surface area contributed by atoms with Crippen LogP contribution >= 0.6 is 27.3 Å². The Bertz CT molecular complexity index is 1020. The highest BCUT2D eigenvalue weighted by atomic mass is 79.9. The summed E-state index contributed by atoms with van der Waals surface area (Å²) in [6, 6.07) is 12.4. The number of carbonyl (C=O) groups is 3. The zero-order chi connectivity index (χ0) is 21.5. The maximum Gasteiger partial charge on any atom is 0.327 e. The SMILES string of the molecule is O=C1C2C(c3ccc(Br)s3)NC(CO)(C(=O)O)C2C(=O)N1C/C=C\c1ccccc1. The Balaban J connectivity index is 1.66. The Kier molecular flexibility index (Phi) is 5.63. The van der Waals surface area contributed by atoms with Crippen molar-refractivity contribution in [2.45, 2.75) is 11.6 Å². The van der Waals surface area contributed by atoms with Crippen molar-refractivity contribution in [2.75, 3.05) is 13.2 Å². The summed E-state index contributed by atoms with van der Waals surface area (Å²) < 4.78 is 0.826. The molecule has 3 N–H and O–H groups in total. The summed E-state index contributed by atoms with van der Waals surface area (Å²) in [7, 11) is 0. The van der Waals surface area contributed by atoms with E-state index in [0.717, 1.165) is 19.1 Å². The second-order valence-corrected chi connectivity index (χ2v) is 9.80. The lowest BCUT2D eigenvalue weighted by molar-refractivity contribution is -0.153. The van der Waals surface area contributed by atoms with Gasteiger partial charge in [0.25, 0.3) is 0 Å². The first-order valence-electron chi connectivity index (χ1n) is 9.33. The van der Waals surface area contributed by atoms with Crippen LogP contribution in [0.4, 0.5) is 0 Å². The molecule has 0 spiro atoms. The van der Waals surface area contributed by atoms with Gasteiger partial charge in [-0.05, 0) is 33.6 Å². The van der Waals surface area contributed by atoms with Gasteiger partial charge in [-0.1, -0.05) is 42.5 Å². The fourth-order valence-electron chi connectivity index (χ4n) is 4.25. The number of nitrogens with zero attached hydrogens (tertiary/aromatic N) is 1. The number of aliphatic hydroxyl groups excluding tert-OH is 1. The summed E-state index contributed by atoms with van der Waals surface area (Å²) in [5.74, 6) is -4.42. The minimum atomic E-state index is -1.91. The van der Waals surface area contributed by atoms with Crippen molar-refractivity contribution < 1.29 is 24.6 Å². The molecule has 0 saturated carbocycles. The van der Waals surface area contributed by atoms with E-state index in [-0.39, 0.29) is 6.54 Å². The van der Waals surface area contributed by atoms with Crippen molar-refractivity contribution in [2.24, 2.45) is 11.8 Å². The number of thiophene rings is 1. The Labute approximate surface area is 185 Å². The quantitative estimate of drug-likeness (QED) is 0.536. The first-order chi connectivity index (χ1) is 14.4. The lowest BCUT2D eigenvalue weighted by Crippen LogP contribution is -2.58.